The molecule has 1 N–H and O–H groups in total. The standard InChI is InChI=1S/C21H34O3/c1-3-4-5-6-7-8-9-10-11-12-13-14-15-17-20(22)18-16-19-21(23)24-2/h7-8,10-11,13-15,17,20,22H,3-6,9,12,16,18-19H2,1-2H3/b8-7-,11-10-,14-13-,17-15+/t20-/m1/s1. The fourth-order valence-electron chi connectivity index (χ4n) is 2.08. The molecule has 0 amide bonds. The van der Waals surface area contributed by atoms with Crippen LogP contribution in [0.5, 0.6) is 0 Å². The first-order chi connectivity index (χ1) is 11.7. The third-order valence-corrected chi connectivity index (χ3v) is 3.54. The van der Waals surface area contributed by atoms with Gasteiger partial charge in [-0.15, -0.1) is 0 Å². The van der Waals surface area contributed by atoms with Gasteiger partial charge >= 0.3 is 5.97 Å². The van der Waals surface area contributed by atoms with Gasteiger partial charge in [0.1, 0.15) is 0 Å². The Bertz CT molecular complexity index is 405. The Balaban J connectivity index is 3.62. The van der Waals surface area contributed by atoms with Gasteiger partial charge in [0.25, 0.3) is 0 Å². The normalized spacial score (nSPS) is 13.6. The molecular formula is C21H34O3. The summed E-state index contributed by atoms with van der Waals surface area (Å²) in [7, 11) is 1.38. The molecule has 0 spiro atoms. The maximum atomic E-state index is 10.9. The highest BCUT2D eigenvalue weighted by Gasteiger charge is 2.02. The molecule has 0 aromatic heterocycles. The third kappa shape index (κ3) is 16.8. The van der Waals surface area contributed by atoms with Gasteiger partial charge in [0.15, 0.2) is 0 Å². The molecule has 0 aliphatic carbocycles. The maximum Gasteiger partial charge on any atom is 0.305 e. The zero-order valence-corrected chi connectivity index (χ0v) is 15.3. The molecule has 136 valence electrons. The first-order valence-corrected chi connectivity index (χ1v) is 9.08. The molecule has 24 heavy (non-hydrogen) atoms. The van der Waals surface area contributed by atoms with Crippen LogP contribution < -0.4 is 0 Å². The Morgan fingerprint density at radius 3 is 2.42 bits per heavy atom. The highest BCUT2D eigenvalue weighted by Crippen LogP contribution is 2.03. The molecule has 0 rings (SSSR count). The maximum absolute atomic E-state index is 10.9. The van der Waals surface area contributed by atoms with Gasteiger partial charge < -0.3 is 9.84 Å². The number of unbranched alkanes of at least 4 members (excludes halogenated alkanes) is 3. The highest BCUT2D eigenvalue weighted by molar-refractivity contribution is 5.68. The van der Waals surface area contributed by atoms with Crippen molar-refractivity contribution in [1.82, 2.24) is 0 Å². The van der Waals surface area contributed by atoms with Crippen molar-refractivity contribution in [2.75, 3.05) is 7.11 Å². The summed E-state index contributed by atoms with van der Waals surface area (Å²) in [5, 5.41) is 9.72. The van der Waals surface area contributed by atoms with Crippen LogP contribution >= 0.6 is 0 Å². The molecule has 0 bridgehead atoms. The van der Waals surface area contributed by atoms with Crippen LogP contribution in [0.3, 0.4) is 0 Å². The van der Waals surface area contributed by atoms with E-state index >= 15 is 0 Å². The second-order valence-electron chi connectivity index (χ2n) is 5.76. The van der Waals surface area contributed by atoms with E-state index in [0.717, 1.165) is 12.8 Å². The molecular weight excluding hydrogens is 300 g/mol. The molecule has 0 saturated carbocycles. The lowest BCUT2D eigenvalue weighted by Gasteiger charge is -2.03. The molecule has 0 heterocycles. The summed E-state index contributed by atoms with van der Waals surface area (Å²) >= 11 is 0. The molecule has 3 heteroatoms. The number of rotatable bonds is 14. The Labute approximate surface area is 147 Å². The minimum absolute atomic E-state index is 0.228. The van der Waals surface area contributed by atoms with Gasteiger partial charge in [0.2, 0.25) is 0 Å². The van der Waals surface area contributed by atoms with Crippen molar-refractivity contribution < 1.29 is 14.6 Å². The topological polar surface area (TPSA) is 46.5 Å². The van der Waals surface area contributed by atoms with E-state index in [2.05, 4.69) is 42.0 Å². The summed E-state index contributed by atoms with van der Waals surface area (Å²) in [5.74, 6) is -0.228. The minimum Gasteiger partial charge on any atom is -0.469 e. The molecule has 0 fully saturated rings. The second kappa shape index (κ2) is 17.7. The van der Waals surface area contributed by atoms with Crippen LogP contribution in [0.15, 0.2) is 48.6 Å². The van der Waals surface area contributed by atoms with Crippen molar-refractivity contribution in [3.63, 3.8) is 0 Å². The smallest absolute Gasteiger partial charge is 0.305 e. The number of aliphatic hydroxyl groups excluding tert-OH is 1. The van der Waals surface area contributed by atoms with Gasteiger partial charge in [0.05, 0.1) is 13.2 Å². The molecule has 0 aromatic rings. The Hall–Kier alpha value is -1.61. The molecule has 1 atom stereocenters. The number of carbonyl (C=O) groups excluding carboxylic acids is 1. The van der Waals surface area contributed by atoms with E-state index in [-0.39, 0.29) is 5.97 Å². The van der Waals surface area contributed by atoms with E-state index in [0.29, 0.717) is 19.3 Å². The Morgan fingerprint density at radius 2 is 1.71 bits per heavy atom. The lowest BCUT2D eigenvalue weighted by atomic mass is 10.1. The van der Waals surface area contributed by atoms with Gasteiger partial charge in [-0.25, -0.2) is 0 Å². The van der Waals surface area contributed by atoms with Crippen molar-refractivity contribution >= 4 is 5.97 Å². The lowest BCUT2D eigenvalue weighted by molar-refractivity contribution is -0.140. The first kappa shape index (κ1) is 22.4. The minimum atomic E-state index is -0.507. The number of esters is 1. The molecule has 0 saturated heterocycles. The van der Waals surface area contributed by atoms with E-state index in [4.69, 9.17) is 0 Å². The van der Waals surface area contributed by atoms with E-state index in [1.54, 1.807) is 6.08 Å². The first-order valence-electron chi connectivity index (χ1n) is 9.08. The number of hydrogen-bond acceptors (Lipinski definition) is 3. The van der Waals surface area contributed by atoms with Crippen LogP contribution in [0.25, 0.3) is 0 Å². The fourth-order valence-corrected chi connectivity index (χ4v) is 2.08. The van der Waals surface area contributed by atoms with Gasteiger partial charge in [-0.3, -0.25) is 4.79 Å². The average molecular weight is 335 g/mol. The summed E-state index contributed by atoms with van der Waals surface area (Å²) in [4.78, 5) is 10.9. The quantitative estimate of drug-likeness (QED) is 0.203. The summed E-state index contributed by atoms with van der Waals surface area (Å²) in [5.41, 5.74) is 0. The van der Waals surface area contributed by atoms with Crippen molar-refractivity contribution in [2.24, 2.45) is 0 Å². The SMILES string of the molecule is CCCCC/C=C\C/C=C\C/C=C\C=C\[C@@H](O)CCCC(=O)OC. The monoisotopic (exact) mass is 334 g/mol. The molecule has 0 unspecified atom stereocenters. The van der Waals surface area contributed by atoms with E-state index in [1.807, 2.05) is 12.2 Å². The fraction of sp³-hybridized carbons (Fsp3) is 0.571. The van der Waals surface area contributed by atoms with E-state index in [1.165, 1.54) is 32.8 Å². The van der Waals surface area contributed by atoms with Crippen molar-refractivity contribution in [1.29, 1.82) is 0 Å². The van der Waals surface area contributed by atoms with Gasteiger partial charge in [-0.2, -0.15) is 0 Å². The average Bonchev–Trinajstić information content (AvgIpc) is 2.58. The van der Waals surface area contributed by atoms with Crippen molar-refractivity contribution in [3.8, 4) is 0 Å². The molecule has 3 nitrogen and oxygen atoms in total. The second-order valence-corrected chi connectivity index (χ2v) is 5.76. The van der Waals surface area contributed by atoms with Gasteiger partial charge in [-0.1, -0.05) is 68.4 Å². The summed E-state index contributed by atoms with van der Waals surface area (Å²) in [6, 6.07) is 0. The van der Waals surface area contributed by atoms with Crippen molar-refractivity contribution in [3.05, 3.63) is 48.6 Å². The summed E-state index contributed by atoms with van der Waals surface area (Å²) in [6.45, 7) is 2.22. The predicted octanol–water partition coefficient (Wildman–Crippen LogP) is 5.28. The number of methoxy groups -OCH3 is 1. The largest absolute Gasteiger partial charge is 0.469 e. The van der Waals surface area contributed by atoms with Crippen LogP contribution in [0.4, 0.5) is 0 Å². The predicted molar refractivity (Wildman–Crippen MR) is 102 cm³/mol. The molecule has 0 aliphatic rings. The molecule has 0 radical (unpaired) electrons. The molecule has 0 aliphatic heterocycles. The van der Waals surface area contributed by atoms with E-state index < -0.39 is 6.10 Å². The van der Waals surface area contributed by atoms with Crippen LogP contribution in [-0.2, 0) is 9.53 Å². The summed E-state index contributed by atoms with van der Waals surface area (Å²) in [6.07, 6.45) is 24.4. The van der Waals surface area contributed by atoms with Crippen LogP contribution in [0.2, 0.25) is 0 Å². The molecule has 0 aromatic carbocycles. The number of ether oxygens (including phenoxy) is 1. The third-order valence-electron chi connectivity index (χ3n) is 3.54. The zero-order valence-electron chi connectivity index (χ0n) is 15.3. The summed E-state index contributed by atoms with van der Waals surface area (Å²) < 4.78 is 4.55. The van der Waals surface area contributed by atoms with Crippen LogP contribution in [0.1, 0.15) is 64.7 Å². The Kier molecular flexibility index (Phi) is 16.5. The van der Waals surface area contributed by atoms with E-state index in [9.17, 15) is 9.90 Å². The number of hydrogen-bond donors (Lipinski definition) is 1. The zero-order chi connectivity index (χ0) is 17.9. The number of aliphatic hydroxyl groups is 1. The van der Waals surface area contributed by atoms with Gasteiger partial charge in [0, 0.05) is 6.42 Å². The van der Waals surface area contributed by atoms with Crippen molar-refractivity contribution in [2.45, 2.75) is 70.8 Å². The van der Waals surface area contributed by atoms with Crippen LogP contribution in [-0.4, -0.2) is 24.3 Å². The van der Waals surface area contributed by atoms with Gasteiger partial charge in [-0.05, 0) is 38.5 Å². The van der Waals surface area contributed by atoms with Crippen LogP contribution in [0, 0.1) is 0 Å². The Morgan fingerprint density at radius 1 is 1.00 bits per heavy atom. The number of allylic oxidation sites excluding steroid dienone is 7. The lowest BCUT2D eigenvalue weighted by Crippen LogP contribution is -2.05. The highest BCUT2D eigenvalue weighted by atomic mass is 16.5. The number of carbonyl (C=O) groups is 1.